The summed E-state index contributed by atoms with van der Waals surface area (Å²) < 4.78 is 31.5. The Morgan fingerprint density at radius 2 is 1.80 bits per heavy atom. The van der Waals surface area contributed by atoms with Crippen molar-refractivity contribution in [3.63, 3.8) is 0 Å². The molecule has 0 spiro atoms. The number of hydrogen-bond acceptors (Lipinski definition) is 2. The van der Waals surface area contributed by atoms with E-state index in [1.54, 1.807) is 12.1 Å². The van der Waals surface area contributed by atoms with Gasteiger partial charge in [-0.2, -0.15) is 0 Å². The van der Waals surface area contributed by atoms with E-state index in [1.807, 2.05) is 27.7 Å². The molecule has 1 heterocycles. The predicted molar refractivity (Wildman–Crippen MR) is 73.7 cm³/mol. The summed E-state index contributed by atoms with van der Waals surface area (Å²) in [5.74, 6) is -0.120. The third-order valence-corrected chi connectivity index (χ3v) is 4.03. The molecule has 0 radical (unpaired) electrons. The summed E-state index contributed by atoms with van der Waals surface area (Å²) in [6.07, 6.45) is -2.63. The molecule has 0 bridgehead atoms. The summed E-state index contributed by atoms with van der Waals surface area (Å²) in [6, 6.07) is 6.02. The van der Waals surface area contributed by atoms with Gasteiger partial charge in [0.05, 0.1) is 17.3 Å². The predicted octanol–water partition coefficient (Wildman–Crippen LogP) is 4.25. The molecule has 0 aliphatic carbocycles. The molecule has 2 unspecified atom stereocenters. The monoisotopic (exact) mass is 284 g/mol. The Morgan fingerprint density at radius 3 is 2.30 bits per heavy atom. The number of alkyl halides is 2. The van der Waals surface area contributed by atoms with E-state index >= 15 is 0 Å². The minimum Gasteiger partial charge on any atom is -0.388 e. The largest absolute Gasteiger partial charge is 0.388 e. The van der Waals surface area contributed by atoms with Crippen molar-refractivity contribution in [3.8, 4) is 0 Å². The van der Waals surface area contributed by atoms with Crippen molar-refractivity contribution in [1.29, 1.82) is 0 Å². The maximum atomic E-state index is 12.8. The Morgan fingerprint density at radius 1 is 1.20 bits per heavy atom. The fraction of sp³-hybridized carbons (Fsp3) is 0.625. The summed E-state index contributed by atoms with van der Waals surface area (Å²) >= 11 is 0. The van der Waals surface area contributed by atoms with Crippen LogP contribution in [0.2, 0.25) is 0 Å². The highest BCUT2D eigenvalue weighted by Gasteiger charge is 2.49. The third-order valence-electron chi connectivity index (χ3n) is 4.03. The van der Waals surface area contributed by atoms with Crippen molar-refractivity contribution in [2.24, 2.45) is 5.92 Å². The van der Waals surface area contributed by atoms with Crippen LogP contribution in [0.15, 0.2) is 24.3 Å². The molecule has 0 saturated carbocycles. The van der Waals surface area contributed by atoms with Crippen molar-refractivity contribution in [2.75, 3.05) is 0 Å². The van der Waals surface area contributed by atoms with E-state index in [0.29, 0.717) is 12.0 Å². The molecule has 2 rings (SSSR count). The van der Waals surface area contributed by atoms with Gasteiger partial charge in [0.15, 0.2) is 0 Å². The first kappa shape index (κ1) is 15.4. The Labute approximate surface area is 118 Å². The zero-order valence-electron chi connectivity index (χ0n) is 12.4. The first-order valence-corrected chi connectivity index (χ1v) is 6.89. The molecule has 0 aromatic heterocycles. The van der Waals surface area contributed by atoms with Crippen LogP contribution >= 0.6 is 0 Å². The summed E-state index contributed by atoms with van der Waals surface area (Å²) in [6.45, 7) is 7.84. The number of rotatable bonds is 3. The molecule has 0 amide bonds. The molecule has 1 fully saturated rings. The van der Waals surface area contributed by atoms with Crippen molar-refractivity contribution in [3.05, 3.63) is 35.4 Å². The maximum Gasteiger partial charge on any atom is 0.263 e. The highest BCUT2D eigenvalue weighted by molar-refractivity contribution is 5.27. The molecule has 1 aromatic carbocycles. The highest BCUT2D eigenvalue weighted by Crippen LogP contribution is 2.47. The van der Waals surface area contributed by atoms with Gasteiger partial charge in [-0.1, -0.05) is 18.2 Å². The number of benzene rings is 1. The Kier molecular flexibility index (Phi) is 3.91. The van der Waals surface area contributed by atoms with Crippen LogP contribution in [0.25, 0.3) is 0 Å². The summed E-state index contributed by atoms with van der Waals surface area (Å²) in [5.41, 5.74) is -0.320. The van der Waals surface area contributed by atoms with Crippen LogP contribution in [0.5, 0.6) is 0 Å². The van der Waals surface area contributed by atoms with E-state index < -0.39 is 18.1 Å². The number of hydrogen-bond donors (Lipinski definition) is 1. The lowest BCUT2D eigenvalue weighted by atomic mass is 9.80. The van der Waals surface area contributed by atoms with Crippen molar-refractivity contribution in [1.82, 2.24) is 0 Å². The number of aliphatic hydroxyl groups excluding tert-OH is 1. The van der Waals surface area contributed by atoms with E-state index in [-0.39, 0.29) is 17.1 Å². The Bertz CT molecular complexity index is 483. The molecular formula is C16H22F2O2. The Balaban J connectivity index is 2.27. The smallest absolute Gasteiger partial charge is 0.263 e. The second-order valence-electron chi connectivity index (χ2n) is 6.69. The minimum atomic E-state index is -2.52. The second kappa shape index (κ2) is 5.08. The SMILES string of the molecule is CC1(C)CC(C(O)c2cccc(C(F)F)c2)C(C)(C)O1. The molecule has 1 aliphatic rings. The molecule has 4 heteroatoms. The topological polar surface area (TPSA) is 29.5 Å². The molecule has 1 aliphatic heterocycles. The van der Waals surface area contributed by atoms with Crippen LogP contribution in [0.4, 0.5) is 8.78 Å². The quantitative estimate of drug-likeness (QED) is 0.899. The molecular weight excluding hydrogens is 262 g/mol. The van der Waals surface area contributed by atoms with Crippen molar-refractivity contribution < 1.29 is 18.6 Å². The van der Waals surface area contributed by atoms with E-state index in [0.717, 1.165) is 0 Å². The first-order valence-electron chi connectivity index (χ1n) is 6.89. The molecule has 1 aromatic rings. The summed E-state index contributed by atoms with van der Waals surface area (Å²) in [4.78, 5) is 0. The van der Waals surface area contributed by atoms with Gasteiger partial charge in [0.1, 0.15) is 0 Å². The summed E-state index contributed by atoms with van der Waals surface area (Å²) in [7, 11) is 0. The molecule has 112 valence electrons. The highest BCUT2D eigenvalue weighted by atomic mass is 19.3. The average Bonchev–Trinajstić information content (AvgIpc) is 2.56. The second-order valence-corrected chi connectivity index (χ2v) is 6.69. The maximum absolute atomic E-state index is 12.8. The molecule has 1 N–H and O–H groups in total. The number of halogens is 2. The van der Waals surface area contributed by atoms with Crippen LogP contribution in [-0.2, 0) is 4.74 Å². The fourth-order valence-electron chi connectivity index (χ4n) is 3.21. The van der Waals surface area contributed by atoms with Crippen LogP contribution in [0, 0.1) is 5.92 Å². The minimum absolute atomic E-state index is 0.0578. The van der Waals surface area contributed by atoms with Crippen LogP contribution < -0.4 is 0 Å². The first-order chi connectivity index (χ1) is 9.12. The van der Waals surface area contributed by atoms with Gasteiger partial charge in [0.2, 0.25) is 0 Å². The summed E-state index contributed by atoms with van der Waals surface area (Å²) in [5, 5.41) is 10.6. The number of aliphatic hydroxyl groups is 1. The van der Waals surface area contributed by atoms with Gasteiger partial charge in [-0.25, -0.2) is 8.78 Å². The zero-order chi connectivity index (χ0) is 15.1. The third kappa shape index (κ3) is 3.01. The lowest BCUT2D eigenvalue weighted by Crippen LogP contribution is -2.32. The molecule has 1 saturated heterocycles. The van der Waals surface area contributed by atoms with E-state index in [1.165, 1.54) is 12.1 Å². The van der Waals surface area contributed by atoms with Gasteiger partial charge in [-0.05, 0) is 45.7 Å². The van der Waals surface area contributed by atoms with Crippen molar-refractivity contribution in [2.45, 2.75) is 57.8 Å². The normalized spacial score (nSPS) is 25.9. The van der Waals surface area contributed by atoms with Gasteiger partial charge in [-0.3, -0.25) is 0 Å². The lowest BCUT2D eigenvalue weighted by molar-refractivity contribution is -0.0880. The van der Waals surface area contributed by atoms with Crippen molar-refractivity contribution >= 4 is 0 Å². The fourth-order valence-corrected chi connectivity index (χ4v) is 3.21. The lowest BCUT2D eigenvalue weighted by Gasteiger charge is -2.30. The molecule has 2 nitrogen and oxygen atoms in total. The van der Waals surface area contributed by atoms with Crippen LogP contribution in [0.1, 0.15) is 57.8 Å². The van der Waals surface area contributed by atoms with Gasteiger partial charge in [0.25, 0.3) is 6.43 Å². The average molecular weight is 284 g/mol. The van der Waals surface area contributed by atoms with Gasteiger partial charge in [0, 0.05) is 11.5 Å². The zero-order valence-corrected chi connectivity index (χ0v) is 12.4. The van der Waals surface area contributed by atoms with E-state index in [4.69, 9.17) is 4.74 Å². The van der Waals surface area contributed by atoms with E-state index in [9.17, 15) is 13.9 Å². The van der Waals surface area contributed by atoms with E-state index in [2.05, 4.69) is 0 Å². The van der Waals surface area contributed by atoms with Gasteiger partial charge >= 0.3 is 0 Å². The van der Waals surface area contributed by atoms with Crippen LogP contribution in [-0.4, -0.2) is 16.3 Å². The molecule has 20 heavy (non-hydrogen) atoms. The molecule has 2 atom stereocenters. The number of ether oxygens (including phenoxy) is 1. The Hall–Kier alpha value is -1.00. The van der Waals surface area contributed by atoms with Crippen LogP contribution in [0.3, 0.4) is 0 Å². The van der Waals surface area contributed by atoms with Gasteiger partial charge < -0.3 is 9.84 Å². The van der Waals surface area contributed by atoms with Gasteiger partial charge in [-0.15, -0.1) is 0 Å². The standard InChI is InChI=1S/C16H22F2O2/c1-15(2)9-12(16(3,4)20-15)13(19)10-6-5-7-11(8-10)14(17)18/h5-8,12-14,19H,9H2,1-4H3.